The average Bonchev–Trinajstić information content (AvgIpc) is 3.00. The second-order valence-corrected chi connectivity index (χ2v) is 11.9. The smallest absolute Gasteiger partial charge is 0.251 e. The lowest BCUT2D eigenvalue weighted by Crippen LogP contribution is -2.36. The summed E-state index contributed by atoms with van der Waals surface area (Å²) in [4.78, 5) is 15.2. The highest BCUT2D eigenvalue weighted by molar-refractivity contribution is 6.30. The number of likely N-dealkylation sites (tertiary alicyclic amines) is 1. The lowest BCUT2D eigenvalue weighted by atomic mass is 9.72. The van der Waals surface area contributed by atoms with Gasteiger partial charge >= 0.3 is 0 Å². The molecule has 2 aromatic carbocycles. The van der Waals surface area contributed by atoms with Crippen LogP contribution in [0.15, 0.2) is 72.0 Å². The first-order chi connectivity index (χ1) is 19.6. The molecule has 5 nitrogen and oxygen atoms in total. The molecule has 1 aliphatic heterocycles. The van der Waals surface area contributed by atoms with Crippen LogP contribution in [0.25, 0.3) is 11.1 Å². The van der Waals surface area contributed by atoms with Gasteiger partial charge in [-0.1, -0.05) is 60.9 Å². The first kappa shape index (κ1) is 28.9. The Morgan fingerprint density at radius 2 is 1.65 bits per heavy atom. The van der Waals surface area contributed by atoms with E-state index in [1.165, 1.54) is 37.0 Å². The fourth-order valence-corrected chi connectivity index (χ4v) is 6.74. The third-order valence-corrected chi connectivity index (χ3v) is 9.10. The molecule has 0 bridgehead atoms. The maximum atomic E-state index is 12.6. The Labute approximate surface area is 244 Å². The monoisotopic (exact) mass is 562 g/mol. The van der Waals surface area contributed by atoms with Crippen LogP contribution in [0.2, 0.25) is 5.02 Å². The van der Waals surface area contributed by atoms with Crippen molar-refractivity contribution in [1.29, 1.82) is 0 Å². The van der Waals surface area contributed by atoms with E-state index >= 15 is 0 Å². The number of halogens is 1. The van der Waals surface area contributed by atoms with Gasteiger partial charge in [-0.05, 0) is 111 Å². The number of hydrogen-bond acceptors (Lipinski definition) is 4. The van der Waals surface area contributed by atoms with Crippen LogP contribution in [0.1, 0.15) is 61.7 Å². The minimum Gasteiger partial charge on any atom is -0.495 e. The Hall–Kier alpha value is -2.60. The van der Waals surface area contributed by atoms with Crippen molar-refractivity contribution < 1.29 is 14.6 Å². The van der Waals surface area contributed by atoms with Gasteiger partial charge in [0.1, 0.15) is 12.4 Å². The van der Waals surface area contributed by atoms with E-state index in [9.17, 15) is 9.90 Å². The molecule has 1 saturated heterocycles. The van der Waals surface area contributed by atoms with Gasteiger partial charge in [0.05, 0.1) is 6.61 Å². The van der Waals surface area contributed by atoms with Gasteiger partial charge in [-0.2, -0.15) is 0 Å². The highest BCUT2D eigenvalue weighted by Crippen LogP contribution is 2.44. The summed E-state index contributed by atoms with van der Waals surface area (Å²) >= 11 is 5.98. The molecular formula is C34H43ClN2O3. The summed E-state index contributed by atoms with van der Waals surface area (Å²) < 4.78 is 6.19. The van der Waals surface area contributed by atoms with Crippen LogP contribution in [-0.4, -0.2) is 55.3 Å². The summed E-state index contributed by atoms with van der Waals surface area (Å²) in [7, 11) is 0. The predicted molar refractivity (Wildman–Crippen MR) is 162 cm³/mol. The van der Waals surface area contributed by atoms with Gasteiger partial charge in [0, 0.05) is 23.0 Å². The second kappa shape index (κ2) is 14.3. The van der Waals surface area contributed by atoms with Gasteiger partial charge in [0.2, 0.25) is 0 Å². The number of rotatable bonds is 11. The summed E-state index contributed by atoms with van der Waals surface area (Å²) in [6.45, 7) is 4.46. The third-order valence-electron chi connectivity index (χ3n) is 8.85. The molecule has 214 valence electrons. The summed E-state index contributed by atoms with van der Waals surface area (Å²) in [5.41, 5.74) is 4.24. The number of piperidine rings is 1. The van der Waals surface area contributed by atoms with E-state index in [1.54, 1.807) is 0 Å². The standard InChI is InChI=1S/C34H43ClN2O3/c35-30-14-11-26(12-15-30)25-7-9-29(10-8-25)34(39)36-19-3-4-20-37-21-17-28(18-22-37)32-16-13-27-5-1-2-6-31(27)33(32)40-24-23-38/h7-16,27-28,31,38H,1-6,17-24H2,(H,36,39). The molecule has 2 N–H and O–H groups in total. The van der Waals surface area contributed by atoms with Crippen molar-refractivity contribution in [2.45, 2.75) is 51.4 Å². The van der Waals surface area contributed by atoms with Crippen LogP contribution in [0.4, 0.5) is 0 Å². The maximum Gasteiger partial charge on any atom is 0.251 e. The number of aliphatic hydroxyl groups excluding tert-OH is 1. The third kappa shape index (κ3) is 7.37. The zero-order chi connectivity index (χ0) is 27.7. The van der Waals surface area contributed by atoms with E-state index in [2.05, 4.69) is 22.4 Å². The molecule has 2 unspecified atom stereocenters. The number of ether oxygens (including phenoxy) is 1. The van der Waals surface area contributed by atoms with Crippen molar-refractivity contribution in [3.8, 4) is 11.1 Å². The number of allylic oxidation sites excluding steroid dienone is 4. The maximum absolute atomic E-state index is 12.6. The summed E-state index contributed by atoms with van der Waals surface area (Å²) in [5, 5.41) is 13.2. The van der Waals surface area contributed by atoms with Crippen LogP contribution >= 0.6 is 11.6 Å². The fraction of sp³-hybridized carbons (Fsp3) is 0.500. The zero-order valence-electron chi connectivity index (χ0n) is 23.5. The minimum absolute atomic E-state index is 0.0169. The Balaban J connectivity index is 1.02. The minimum atomic E-state index is -0.0169. The summed E-state index contributed by atoms with van der Waals surface area (Å²) in [6, 6.07) is 15.5. The van der Waals surface area contributed by atoms with Crippen molar-refractivity contribution in [1.82, 2.24) is 10.2 Å². The van der Waals surface area contributed by atoms with E-state index in [4.69, 9.17) is 16.3 Å². The first-order valence-electron chi connectivity index (χ1n) is 15.1. The number of carbonyl (C=O) groups excluding carboxylic acids is 1. The molecule has 3 aliphatic rings. The van der Waals surface area contributed by atoms with Gasteiger partial charge in [-0.25, -0.2) is 0 Å². The highest BCUT2D eigenvalue weighted by atomic mass is 35.5. The van der Waals surface area contributed by atoms with Gasteiger partial charge in [-0.15, -0.1) is 0 Å². The Bertz CT molecular complexity index is 1170. The first-order valence-corrected chi connectivity index (χ1v) is 15.5. The van der Waals surface area contributed by atoms with Crippen molar-refractivity contribution in [3.63, 3.8) is 0 Å². The van der Waals surface area contributed by atoms with Crippen LogP contribution in [-0.2, 0) is 4.74 Å². The van der Waals surface area contributed by atoms with Crippen LogP contribution in [0.5, 0.6) is 0 Å². The van der Waals surface area contributed by atoms with Crippen LogP contribution < -0.4 is 5.32 Å². The van der Waals surface area contributed by atoms with Gasteiger partial charge in [0.25, 0.3) is 5.91 Å². The molecule has 2 fully saturated rings. The topological polar surface area (TPSA) is 61.8 Å². The van der Waals surface area contributed by atoms with Crippen molar-refractivity contribution in [3.05, 3.63) is 82.6 Å². The van der Waals surface area contributed by atoms with Gasteiger partial charge in [-0.3, -0.25) is 4.79 Å². The summed E-state index contributed by atoms with van der Waals surface area (Å²) in [5.74, 6) is 2.84. The Kier molecular flexibility index (Phi) is 10.4. The number of fused-ring (bicyclic) bond motifs is 1. The molecule has 6 heteroatoms. The van der Waals surface area contributed by atoms with E-state index in [0.29, 0.717) is 36.5 Å². The number of amides is 1. The average molecular weight is 563 g/mol. The van der Waals surface area contributed by atoms with Crippen molar-refractivity contribution in [2.24, 2.45) is 17.8 Å². The molecule has 5 rings (SSSR count). The zero-order valence-corrected chi connectivity index (χ0v) is 24.2. The number of nitrogens with zero attached hydrogens (tertiary/aromatic N) is 1. The summed E-state index contributed by atoms with van der Waals surface area (Å²) in [6.07, 6.45) is 14.2. The molecule has 2 aromatic rings. The molecule has 1 saturated carbocycles. The molecule has 2 aliphatic carbocycles. The molecule has 0 radical (unpaired) electrons. The highest BCUT2D eigenvalue weighted by Gasteiger charge is 2.35. The van der Waals surface area contributed by atoms with E-state index < -0.39 is 0 Å². The quantitative estimate of drug-likeness (QED) is 0.293. The number of unbranched alkanes of at least 4 members (excludes halogenated alkanes) is 1. The molecule has 1 heterocycles. The molecule has 2 atom stereocenters. The lowest BCUT2D eigenvalue weighted by molar-refractivity contribution is 0.0951. The number of nitrogens with one attached hydrogen (secondary N) is 1. The normalized spacial score (nSPS) is 21.8. The Morgan fingerprint density at radius 1 is 0.950 bits per heavy atom. The number of carbonyl (C=O) groups is 1. The molecule has 0 spiro atoms. The van der Waals surface area contributed by atoms with Crippen molar-refractivity contribution in [2.75, 3.05) is 39.4 Å². The Morgan fingerprint density at radius 3 is 2.38 bits per heavy atom. The SMILES string of the molecule is O=C(NCCCCN1CCC(C2=C(OCCO)C3CCCCC3C=C2)CC1)c1ccc(-c2ccc(Cl)cc2)cc1. The second-order valence-electron chi connectivity index (χ2n) is 11.5. The lowest BCUT2D eigenvalue weighted by Gasteiger charge is -2.39. The molecule has 0 aromatic heterocycles. The molecule has 1 amide bonds. The van der Waals surface area contributed by atoms with E-state index in [1.807, 2.05) is 48.5 Å². The van der Waals surface area contributed by atoms with Gasteiger partial charge in [0.15, 0.2) is 0 Å². The predicted octanol–water partition coefficient (Wildman–Crippen LogP) is 6.87. The van der Waals surface area contributed by atoms with Gasteiger partial charge < -0.3 is 20.1 Å². The number of benzene rings is 2. The number of aliphatic hydroxyl groups is 1. The van der Waals surface area contributed by atoms with E-state index in [-0.39, 0.29) is 12.5 Å². The number of hydrogen-bond donors (Lipinski definition) is 2. The van der Waals surface area contributed by atoms with E-state index in [0.717, 1.165) is 61.5 Å². The fourth-order valence-electron chi connectivity index (χ4n) is 6.61. The van der Waals surface area contributed by atoms with Crippen molar-refractivity contribution >= 4 is 17.5 Å². The molecule has 40 heavy (non-hydrogen) atoms. The van der Waals surface area contributed by atoms with Crippen LogP contribution in [0.3, 0.4) is 0 Å². The molecular weight excluding hydrogens is 520 g/mol. The largest absolute Gasteiger partial charge is 0.495 e. The van der Waals surface area contributed by atoms with Crippen LogP contribution in [0, 0.1) is 17.8 Å².